The largest absolute Gasteiger partial charge is 0.411 e. The van der Waals surface area contributed by atoms with Crippen LogP contribution in [-0.4, -0.2) is 59.3 Å². The molecule has 0 aliphatic rings. The molecule has 0 radical (unpaired) electrons. The maximum absolute atomic E-state index is 12.1. The lowest BCUT2D eigenvalue weighted by Crippen LogP contribution is -2.37. The molecule has 0 spiro atoms. The van der Waals surface area contributed by atoms with Crippen LogP contribution in [0.4, 0.5) is 13.2 Å². The normalized spacial score (nSPS) is 12.3. The van der Waals surface area contributed by atoms with Crippen LogP contribution < -0.4 is 10.6 Å². The van der Waals surface area contributed by atoms with E-state index in [1.807, 2.05) is 12.1 Å². The number of hydrogen-bond acceptors (Lipinski definition) is 4. The number of nitrogens with one attached hydrogen (secondary N) is 2. The van der Waals surface area contributed by atoms with Crippen molar-refractivity contribution in [2.75, 3.05) is 47.1 Å². The number of alkyl halides is 3. The fourth-order valence-corrected chi connectivity index (χ4v) is 2.07. The monoisotopic (exact) mass is 391 g/mol. The van der Waals surface area contributed by atoms with E-state index in [2.05, 4.69) is 20.4 Å². The van der Waals surface area contributed by atoms with Crippen LogP contribution >= 0.6 is 0 Å². The Bertz CT molecular complexity index is 537. The molecule has 0 bridgehead atoms. The lowest BCUT2D eigenvalue weighted by Gasteiger charge is -2.12. The highest BCUT2D eigenvalue weighted by molar-refractivity contribution is 5.79. The molecule has 154 valence electrons. The summed E-state index contributed by atoms with van der Waals surface area (Å²) in [5, 5.41) is 6.36. The molecular weight excluding hydrogens is 363 g/mol. The van der Waals surface area contributed by atoms with E-state index in [0.717, 1.165) is 18.5 Å². The first-order chi connectivity index (χ1) is 12.9. The Morgan fingerprint density at radius 1 is 1.00 bits per heavy atom. The summed E-state index contributed by atoms with van der Waals surface area (Å²) >= 11 is 0. The second kappa shape index (κ2) is 13.3. The van der Waals surface area contributed by atoms with Crippen molar-refractivity contribution in [3.05, 3.63) is 35.4 Å². The molecule has 0 aliphatic heterocycles. The number of halogens is 3. The summed E-state index contributed by atoms with van der Waals surface area (Å²) in [6, 6.07) is 7.19. The molecule has 0 aromatic heterocycles. The van der Waals surface area contributed by atoms with Gasteiger partial charge in [0.2, 0.25) is 0 Å². The third-order valence-corrected chi connectivity index (χ3v) is 3.43. The summed E-state index contributed by atoms with van der Waals surface area (Å²) in [7, 11) is 3.32. The third kappa shape index (κ3) is 12.2. The van der Waals surface area contributed by atoms with Gasteiger partial charge in [-0.05, 0) is 17.5 Å². The summed E-state index contributed by atoms with van der Waals surface area (Å²) < 4.78 is 51.1. The zero-order chi connectivity index (χ0) is 20.0. The lowest BCUT2D eigenvalue weighted by molar-refractivity contribution is -0.176. The standard InChI is InChI=1S/C18H28F3N3O3/c1-22-17(23-8-3-9-26-11-10-25-2)24-12-15-4-6-16(7-5-15)13-27-14-18(19,20)21/h4-7H,3,8-14H2,1-2H3,(H2,22,23,24). The number of aliphatic imine (C=N–C) groups is 1. The van der Waals surface area contributed by atoms with E-state index >= 15 is 0 Å². The van der Waals surface area contributed by atoms with Crippen LogP contribution in [-0.2, 0) is 27.4 Å². The van der Waals surface area contributed by atoms with Crippen molar-refractivity contribution < 1.29 is 27.4 Å². The maximum atomic E-state index is 12.1. The summed E-state index contributed by atoms with van der Waals surface area (Å²) in [6.07, 6.45) is -3.46. The number of rotatable bonds is 12. The second-order valence-corrected chi connectivity index (χ2v) is 5.74. The van der Waals surface area contributed by atoms with Crippen molar-refractivity contribution in [1.29, 1.82) is 0 Å². The van der Waals surface area contributed by atoms with E-state index in [9.17, 15) is 13.2 Å². The first kappa shape index (κ1) is 23.2. The van der Waals surface area contributed by atoms with Gasteiger partial charge in [0, 0.05) is 33.9 Å². The molecule has 0 heterocycles. The molecule has 6 nitrogen and oxygen atoms in total. The first-order valence-corrected chi connectivity index (χ1v) is 8.68. The van der Waals surface area contributed by atoms with Crippen LogP contribution in [0.15, 0.2) is 29.3 Å². The van der Waals surface area contributed by atoms with Gasteiger partial charge in [-0.3, -0.25) is 4.99 Å². The van der Waals surface area contributed by atoms with E-state index in [1.54, 1.807) is 26.3 Å². The predicted octanol–water partition coefficient (Wildman–Crippen LogP) is 2.48. The predicted molar refractivity (Wildman–Crippen MR) is 97.7 cm³/mol. The van der Waals surface area contributed by atoms with E-state index in [4.69, 9.17) is 9.47 Å². The van der Waals surface area contributed by atoms with Gasteiger partial charge < -0.3 is 24.8 Å². The Balaban J connectivity index is 2.22. The molecule has 0 saturated heterocycles. The van der Waals surface area contributed by atoms with Gasteiger partial charge in [-0.15, -0.1) is 0 Å². The van der Waals surface area contributed by atoms with Crippen LogP contribution in [0.1, 0.15) is 17.5 Å². The van der Waals surface area contributed by atoms with Crippen LogP contribution in [0.2, 0.25) is 0 Å². The van der Waals surface area contributed by atoms with Crippen molar-refractivity contribution in [2.45, 2.75) is 25.7 Å². The summed E-state index contributed by atoms with van der Waals surface area (Å²) in [5.41, 5.74) is 1.68. The molecule has 0 aliphatic carbocycles. The maximum Gasteiger partial charge on any atom is 0.411 e. The first-order valence-electron chi connectivity index (χ1n) is 8.68. The van der Waals surface area contributed by atoms with Gasteiger partial charge in [-0.25, -0.2) is 0 Å². The lowest BCUT2D eigenvalue weighted by atomic mass is 10.1. The minimum absolute atomic E-state index is 0.0666. The summed E-state index contributed by atoms with van der Waals surface area (Å²) in [6.45, 7) is 1.78. The Labute approximate surface area is 158 Å². The van der Waals surface area contributed by atoms with Crippen molar-refractivity contribution in [3.63, 3.8) is 0 Å². The number of methoxy groups -OCH3 is 1. The van der Waals surface area contributed by atoms with Gasteiger partial charge in [-0.1, -0.05) is 24.3 Å². The molecule has 2 N–H and O–H groups in total. The Morgan fingerprint density at radius 3 is 2.33 bits per heavy atom. The van der Waals surface area contributed by atoms with Gasteiger partial charge in [0.25, 0.3) is 0 Å². The minimum Gasteiger partial charge on any atom is -0.382 e. The highest BCUT2D eigenvalue weighted by atomic mass is 19.4. The SMILES string of the molecule is CN=C(NCCCOCCOC)NCc1ccc(COCC(F)(F)F)cc1. The van der Waals surface area contributed by atoms with Crippen LogP contribution in [0.25, 0.3) is 0 Å². The Hall–Kier alpha value is -1.84. The van der Waals surface area contributed by atoms with Gasteiger partial charge in [0.15, 0.2) is 5.96 Å². The van der Waals surface area contributed by atoms with Crippen molar-refractivity contribution in [2.24, 2.45) is 4.99 Å². The number of hydrogen-bond donors (Lipinski definition) is 2. The summed E-state index contributed by atoms with van der Waals surface area (Å²) in [4.78, 5) is 4.14. The molecule has 9 heteroatoms. The van der Waals surface area contributed by atoms with Gasteiger partial charge in [0.05, 0.1) is 19.8 Å². The fourth-order valence-electron chi connectivity index (χ4n) is 2.07. The highest BCUT2D eigenvalue weighted by Crippen LogP contribution is 2.15. The molecule has 0 atom stereocenters. The van der Waals surface area contributed by atoms with Crippen LogP contribution in [0.3, 0.4) is 0 Å². The second-order valence-electron chi connectivity index (χ2n) is 5.74. The number of ether oxygens (including phenoxy) is 3. The number of guanidine groups is 1. The van der Waals surface area contributed by atoms with Gasteiger partial charge in [0.1, 0.15) is 6.61 Å². The van der Waals surface area contributed by atoms with Gasteiger partial charge in [-0.2, -0.15) is 13.2 Å². The van der Waals surface area contributed by atoms with E-state index in [-0.39, 0.29) is 6.61 Å². The molecular formula is C18H28F3N3O3. The molecule has 0 amide bonds. The number of benzene rings is 1. The zero-order valence-corrected chi connectivity index (χ0v) is 15.8. The summed E-state index contributed by atoms with van der Waals surface area (Å²) in [5.74, 6) is 0.671. The molecule has 0 saturated carbocycles. The molecule has 0 fully saturated rings. The average molecular weight is 391 g/mol. The Kier molecular flexibility index (Phi) is 11.5. The zero-order valence-electron chi connectivity index (χ0n) is 15.8. The highest BCUT2D eigenvalue weighted by Gasteiger charge is 2.27. The van der Waals surface area contributed by atoms with Crippen LogP contribution in [0.5, 0.6) is 0 Å². The molecule has 0 unspecified atom stereocenters. The van der Waals surface area contributed by atoms with Crippen LogP contribution in [0, 0.1) is 0 Å². The minimum atomic E-state index is -4.30. The smallest absolute Gasteiger partial charge is 0.382 e. The quantitative estimate of drug-likeness (QED) is 0.326. The van der Waals surface area contributed by atoms with Gasteiger partial charge >= 0.3 is 6.18 Å². The third-order valence-electron chi connectivity index (χ3n) is 3.43. The fraction of sp³-hybridized carbons (Fsp3) is 0.611. The average Bonchev–Trinajstić information content (AvgIpc) is 2.63. The Morgan fingerprint density at radius 2 is 1.70 bits per heavy atom. The van der Waals surface area contributed by atoms with E-state index in [1.165, 1.54) is 0 Å². The van der Waals surface area contributed by atoms with E-state index < -0.39 is 12.8 Å². The van der Waals surface area contributed by atoms with Crippen molar-refractivity contribution in [3.8, 4) is 0 Å². The molecule has 1 aromatic carbocycles. The molecule has 27 heavy (non-hydrogen) atoms. The molecule has 1 rings (SSSR count). The molecule has 1 aromatic rings. The number of nitrogens with zero attached hydrogens (tertiary/aromatic N) is 1. The van der Waals surface area contributed by atoms with Crippen molar-refractivity contribution in [1.82, 2.24) is 10.6 Å². The topological polar surface area (TPSA) is 64.1 Å². The van der Waals surface area contributed by atoms with E-state index in [0.29, 0.717) is 37.9 Å². The van der Waals surface area contributed by atoms with Crippen molar-refractivity contribution >= 4 is 5.96 Å².